The number of aliphatic carboxylic acids is 4. The Hall–Kier alpha value is -2.62. The average Bonchev–Trinajstić information content (AvgIpc) is 3.09. The number of carboxylic acids is 4. The summed E-state index contributed by atoms with van der Waals surface area (Å²) < 4.78 is 0. The molecule has 0 aromatic carbocycles. The van der Waals surface area contributed by atoms with E-state index in [9.17, 15) is 39.6 Å². The Balaban J connectivity index is -0.000000174. The molecule has 9 heteroatoms. The predicted octanol–water partition coefficient (Wildman–Crippen LogP) is 5.65. The van der Waals surface area contributed by atoms with Crippen molar-refractivity contribution in [1.82, 2.24) is 0 Å². The summed E-state index contributed by atoms with van der Waals surface area (Å²) in [5, 5.41) is 42.4. The van der Waals surface area contributed by atoms with Gasteiger partial charge < -0.3 is 39.6 Å². The van der Waals surface area contributed by atoms with Crippen molar-refractivity contribution in [3.63, 3.8) is 0 Å². The third-order valence-electron chi connectivity index (χ3n) is 11.7. The number of carbonyl (C=O) groups excluding carboxylic acids is 4. The van der Waals surface area contributed by atoms with Crippen molar-refractivity contribution < 1.29 is 39.6 Å². The molecule has 0 saturated heterocycles. The summed E-state index contributed by atoms with van der Waals surface area (Å²) >= 11 is 0. The summed E-state index contributed by atoms with van der Waals surface area (Å²) in [7, 11) is 0. The molecule has 0 fully saturated rings. The van der Waals surface area contributed by atoms with Crippen molar-refractivity contribution in [2.24, 2.45) is 21.7 Å². The zero-order chi connectivity index (χ0) is 39.1. The maximum atomic E-state index is 10.6. The van der Waals surface area contributed by atoms with Crippen molar-refractivity contribution in [3.05, 3.63) is 48.6 Å². The predicted molar refractivity (Wildman–Crippen MR) is 196 cm³/mol. The molecule has 0 aromatic rings. The maximum absolute atomic E-state index is 10.6. The quantitative estimate of drug-likeness (QED) is 0.114. The second-order valence-corrected chi connectivity index (χ2v) is 12.4. The van der Waals surface area contributed by atoms with E-state index in [1.165, 1.54) is 0 Å². The molecule has 0 aliphatic carbocycles. The summed E-state index contributed by atoms with van der Waals surface area (Å²) in [6.45, 7) is 38.2. The Morgan fingerprint density at radius 1 is 0.327 bits per heavy atom. The van der Waals surface area contributed by atoms with Gasteiger partial charge in [0.1, 0.15) is 0 Å². The molecule has 0 atom stereocenters. The van der Waals surface area contributed by atoms with Crippen LogP contribution in [0.25, 0.3) is 0 Å². The summed E-state index contributed by atoms with van der Waals surface area (Å²) in [4.78, 5) is 42.4. The first kappa shape index (κ1) is 55.8. The Morgan fingerprint density at radius 3 is 0.429 bits per heavy atom. The fraction of sp³-hybridized carbons (Fsp3) is 0.700. The van der Waals surface area contributed by atoms with E-state index in [1.807, 2.05) is 83.1 Å². The minimum atomic E-state index is -1.11. The Morgan fingerprint density at radius 2 is 0.408 bits per heavy atom. The van der Waals surface area contributed by atoms with Gasteiger partial charge in [-0.25, -0.2) is 0 Å². The van der Waals surface area contributed by atoms with E-state index < -0.39 is 23.9 Å². The monoisotopic (exact) mass is 750 g/mol. The van der Waals surface area contributed by atoms with Gasteiger partial charge in [0.2, 0.25) is 0 Å². The van der Waals surface area contributed by atoms with E-state index in [4.69, 9.17) is 0 Å². The normalized spacial score (nSPS) is 11.0. The third-order valence-corrected chi connectivity index (χ3v) is 11.7. The van der Waals surface area contributed by atoms with Gasteiger partial charge in [0, 0.05) is 0 Å². The summed E-state index contributed by atoms with van der Waals surface area (Å²) in [5.41, 5.74) is -0.0231. The van der Waals surface area contributed by atoms with E-state index in [1.54, 1.807) is 0 Å². The molecule has 8 nitrogen and oxygen atoms in total. The molecule has 0 spiro atoms. The van der Waals surface area contributed by atoms with E-state index >= 15 is 0 Å². The molecule has 0 N–H and O–H groups in total. The van der Waals surface area contributed by atoms with Gasteiger partial charge in [-0.15, -0.1) is 0 Å². The van der Waals surface area contributed by atoms with Crippen LogP contribution in [-0.4, -0.2) is 41.5 Å². The minimum absolute atomic E-state index is 0. The average molecular weight is 750 g/mol. The largest absolute Gasteiger partial charge is 4.00 e. The molecule has 0 rings (SSSR count). The van der Waals surface area contributed by atoms with E-state index in [0.29, 0.717) is 0 Å². The van der Waals surface area contributed by atoms with Crippen LogP contribution in [0.3, 0.4) is 0 Å². The molecule has 0 heterocycles. The summed E-state index contributed by atoms with van der Waals surface area (Å²) in [6, 6.07) is 0. The fourth-order valence-electron chi connectivity index (χ4n) is 6.43. The number of rotatable bonds is 20. The van der Waals surface area contributed by atoms with Crippen LogP contribution in [0.2, 0.25) is 0 Å². The van der Waals surface area contributed by atoms with Gasteiger partial charge in [-0.05, 0) is 121 Å². The molecule has 0 aromatic heterocycles. The van der Waals surface area contributed by atoms with Gasteiger partial charge in [0.15, 0.2) is 0 Å². The van der Waals surface area contributed by atoms with Gasteiger partial charge in [-0.3, -0.25) is 0 Å². The van der Waals surface area contributed by atoms with Crippen LogP contribution >= 0.6 is 0 Å². The number of hydrogen-bond acceptors (Lipinski definition) is 8. The SMILES string of the molecule is C=C(C(=O)[O-])C(CC)(CC)CC.C=C(C(=O)[O-])C(CC)(CC)CC.C=C(C(=O)[O-])C(CC)(CC)CC.C=C(C(=O)[O-])C(CC)(CC)CC.[Ge+4]. The zero-order valence-electron chi connectivity index (χ0n) is 33.1. The molecule has 0 radical (unpaired) electrons. The van der Waals surface area contributed by atoms with E-state index in [2.05, 4.69) is 26.3 Å². The van der Waals surface area contributed by atoms with Crippen molar-refractivity contribution in [2.45, 2.75) is 160 Å². The minimum Gasteiger partial charge on any atom is -0.545 e. The first-order chi connectivity index (χ1) is 22.1. The number of carboxylic acid groups (broad SMARTS) is 4. The standard InChI is InChI=1S/4C10H18O2.Ge/c4*1-5-10(6-2,7-3)8(4)9(11)12;/h4*4-7H2,1-3H3,(H,11,12);/q;;;;+4/p-4. The van der Waals surface area contributed by atoms with Crippen LogP contribution in [0.4, 0.5) is 0 Å². The smallest absolute Gasteiger partial charge is 0.545 e. The van der Waals surface area contributed by atoms with Crippen molar-refractivity contribution in [3.8, 4) is 0 Å². The van der Waals surface area contributed by atoms with Crippen LogP contribution in [0.15, 0.2) is 48.6 Å². The van der Waals surface area contributed by atoms with Crippen LogP contribution in [0.5, 0.6) is 0 Å². The molecule has 280 valence electrons. The number of hydrogen-bond donors (Lipinski definition) is 0. The maximum Gasteiger partial charge on any atom is 4.00 e. The molecular weight excluding hydrogens is 681 g/mol. The zero-order valence-corrected chi connectivity index (χ0v) is 35.2. The number of carbonyl (C=O) groups is 4. The van der Waals surface area contributed by atoms with Crippen molar-refractivity contribution in [2.75, 3.05) is 0 Å². The van der Waals surface area contributed by atoms with Crippen LogP contribution in [0.1, 0.15) is 160 Å². The molecule has 0 amide bonds. The molecule has 0 unspecified atom stereocenters. The van der Waals surface area contributed by atoms with Gasteiger partial charge in [-0.2, -0.15) is 0 Å². The van der Waals surface area contributed by atoms with Crippen molar-refractivity contribution >= 4 is 41.5 Å². The first-order valence-corrected chi connectivity index (χ1v) is 17.8. The molecule has 0 saturated carbocycles. The van der Waals surface area contributed by atoms with Crippen LogP contribution in [0, 0.1) is 21.7 Å². The van der Waals surface area contributed by atoms with Crippen LogP contribution in [-0.2, 0) is 19.2 Å². The molecule has 49 heavy (non-hydrogen) atoms. The van der Waals surface area contributed by atoms with Gasteiger partial charge in [0.05, 0.1) is 23.9 Å². The van der Waals surface area contributed by atoms with Gasteiger partial charge in [0.25, 0.3) is 0 Å². The van der Waals surface area contributed by atoms with Crippen LogP contribution < -0.4 is 20.4 Å². The molecule has 0 aliphatic rings. The second-order valence-electron chi connectivity index (χ2n) is 12.4. The van der Waals surface area contributed by atoms with E-state index in [0.717, 1.165) is 77.0 Å². The van der Waals surface area contributed by atoms with Gasteiger partial charge in [-0.1, -0.05) is 109 Å². The Bertz CT molecular complexity index is 855. The third kappa shape index (κ3) is 15.9. The van der Waals surface area contributed by atoms with Gasteiger partial charge >= 0.3 is 17.6 Å². The molecule has 0 aliphatic heterocycles. The second kappa shape index (κ2) is 27.1. The van der Waals surface area contributed by atoms with E-state index in [-0.39, 0.29) is 61.5 Å². The Labute approximate surface area is 310 Å². The Kier molecular flexibility index (Phi) is 30.9. The molecule has 0 bridgehead atoms. The molecular formula is C40H68GeO8. The topological polar surface area (TPSA) is 161 Å². The first-order valence-electron chi connectivity index (χ1n) is 17.8. The fourth-order valence-corrected chi connectivity index (χ4v) is 6.43. The van der Waals surface area contributed by atoms with Crippen molar-refractivity contribution in [1.29, 1.82) is 0 Å². The summed E-state index contributed by atoms with van der Waals surface area (Å²) in [5.74, 6) is -4.44. The summed E-state index contributed by atoms with van der Waals surface area (Å²) in [6.07, 6.45) is 9.75.